The molecule has 0 aliphatic heterocycles. The molecule has 2 N–H and O–H groups in total. The summed E-state index contributed by atoms with van der Waals surface area (Å²) in [4.78, 5) is 0. The van der Waals surface area contributed by atoms with E-state index in [1.807, 2.05) is 6.92 Å². The number of ether oxygens (including phenoxy) is 1. The third-order valence-corrected chi connectivity index (χ3v) is 2.63. The Hall–Kier alpha value is -0.0800. The summed E-state index contributed by atoms with van der Waals surface area (Å²) in [6.45, 7) is 8.12. The third kappa shape index (κ3) is 7.03. The van der Waals surface area contributed by atoms with Gasteiger partial charge in [-0.2, -0.15) is 0 Å². The van der Waals surface area contributed by atoms with Crippen molar-refractivity contribution in [3.05, 3.63) is 0 Å². The standard InChI is InChI=1S/C11H25NO/c1-4-10(5-2)9-11(12)7-8-13-6-3/h10-11H,4-9,12H2,1-3H3. The molecule has 0 heterocycles. The van der Waals surface area contributed by atoms with Crippen LogP contribution in [0.2, 0.25) is 0 Å². The van der Waals surface area contributed by atoms with E-state index in [4.69, 9.17) is 10.5 Å². The van der Waals surface area contributed by atoms with Crippen LogP contribution in [0.15, 0.2) is 0 Å². The molecule has 80 valence electrons. The molecular formula is C11H25NO. The summed E-state index contributed by atoms with van der Waals surface area (Å²) in [5.41, 5.74) is 5.99. The first-order valence-electron chi connectivity index (χ1n) is 5.57. The van der Waals surface area contributed by atoms with Crippen LogP contribution in [-0.4, -0.2) is 19.3 Å². The zero-order valence-electron chi connectivity index (χ0n) is 9.38. The molecule has 0 aromatic carbocycles. The van der Waals surface area contributed by atoms with Crippen molar-refractivity contribution < 1.29 is 4.74 Å². The van der Waals surface area contributed by atoms with Gasteiger partial charge in [0, 0.05) is 19.3 Å². The summed E-state index contributed by atoms with van der Waals surface area (Å²) in [6, 6.07) is 0.330. The van der Waals surface area contributed by atoms with E-state index in [2.05, 4.69) is 13.8 Å². The average Bonchev–Trinajstić information content (AvgIpc) is 2.14. The predicted molar refractivity (Wildman–Crippen MR) is 57.8 cm³/mol. The molecule has 0 amide bonds. The molecule has 0 saturated heterocycles. The largest absolute Gasteiger partial charge is 0.382 e. The van der Waals surface area contributed by atoms with Crippen LogP contribution >= 0.6 is 0 Å². The predicted octanol–water partition coefficient (Wildman–Crippen LogP) is 2.57. The van der Waals surface area contributed by atoms with Crippen LogP contribution in [0.4, 0.5) is 0 Å². The van der Waals surface area contributed by atoms with Gasteiger partial charge in [0.2, 0.25) is 0 Å². The summed E-state index contributed by atoms with van der Waals surface area (Å²) in [6.07, 6.45) is 4.65. The van der Waals surface area contributed by atoms with E-state index in [9.17, 15) is 0 Å². The Balaban J connectivity index is 3.42. The quantitative estimate of drug-likeness (QED) is 0.593. The van der Waals surface area contributed by atoms with Crippen LogP contribution in [0.25, 0.3) is 0 Å². The Labute approximate surface area is 82.8 Å². The van der Waals surface area contributed by atoms with Crippen molar-refractivity contribution in [2.24, 2.45) is 11.7 Å². The Bertz CT molecular complexity index is 102. The highest BCUT2D eigenvalue weighted by atomic mass is 16.5. The van der Waals surface area contributed by atoms with Gasteiger partial charge in [0.25, 0.3) is 0 Å². The van der Waals surface area contributed by atoms with Crippen LogP contribution in [0.5, 0.6) is 0 Å². The summed E-state index contributed by atoms with van der Waals surface area (Å²) in [5.74, 6) is 0.802. The fourth-order valence-corrected chi connectivity index (χ4v) is 1.55. The van der Waals surface area contributed by atoms with Gasteiger partial charge in [-0.25, -0.2) is 0 Å². The normalized spacial score (nSPS) is 13.6. The first-order valence-corrected chi connectivity index (χ1v) is 5.57. The van der Waals surface area contributed by atoms with Gasteiger partial charge in [-0.3, -0.25) is 0 Å². The van der Waals surface area contributed by atoms with Crippen LogP contribution in [0.3, 0.4) is 0 Å². The number of rotatable bonds is 8. The Kier molecular flexibility index (Phi) is 8.46. The average molecular weight is 187 g/mol. The molecule has 0 aromatic heterocycles. The van der Waals surface area contributed by atoms with Gasteiger partial charge in [0.15, 0.2) is 0 Å². The molecule has 0 fully saturated rings. The molecule has 0 spiro atoms. The zero-order valence-corrected chi connectivity index (χ0v) is 9.38. The zero-order chi connectivity index (χ0) is 10.1. The molecular weight excluding hydrogens is 162 g/mol. The second-order valence-corrected chi connectivity index (χ2v) is 3.66. The lowest BCUT2D eigenvalue weighted by Crippen LogP contribution is -2.25. The third-order valence-electron chi connectivity index (χ3n) is 2.63. The van der Waals surface area contributed by atoms with Gasteiger partial charge < -0.3 is 10.5 Å². The maximum atomic E-state index is 5.99. The van der Waals surface area contributed by atoms with Crippen LogP contribution in [0.1, 0.15) is 46.5 Å². The highest BCUT2D eigenvalue weighted by molar-refractivity contribution is 4.66. The molecule has 0 aliphatic carbocycles. The molecule has 2 nitrogen and oxygen atoms in total. The minimum atomic E-state index is 0.330. The van der Waals surface area contributed by atoms with Gasteiger partial charge in [-0.05, 0) is 25.7 Å². The Morgan fingerprint density at radius 2 is 1.77 bits per heavy atom. The molecule has 0 bridgehead atoms. The topological polar surface area (TPSA) is 35.2 Å². The van der Waals surface area contributed by atoms with E-state index in [1.165, 1.54) is 12.8 Å². The summed E-state index contributed by atoms with van der Waals surface area (Å²) >= 11 is 0. The molecule has 1 unspecified atom stereocenters. The lowest BCUT2D eigenvalue weighted by molar-refractivity contribution is 0.137. The van der Waals surface area contributed by atoms with E-state index in [1.54, 1.807) is 0 Å². The maximum Gasteiger partial charge on any atom is 0.0480 e. The molecule has 0 radical (unpaired) electrons. The van der Waals surface area contributed by atoms with E-state index in [-0.39, 0.29) is 0 Å². The van der Waals surface area contributed by atoms with Crippen molar-refractivity contribution >= 4 is 0 Å². The van der Waals surface area contributed by atoms with E-state index < -0.39 is 0 Å². The smallest absolute Gasteiger partial charge is 0.0480 e. The minimum absolute atomic E-state index is 0.330. The van der Waals surface area contributed by atoms with Gasteiger partial charge in [-0.15, -0.1) is 0 Å². The van der Waals surface area contributed by atoms with Crippen molar-refractivity contribution in [1.82, 2.24) is 0 Å². The lowest BCUT2D eigenvalue weighted by atomic mass is 9.94. The summed E-state index contributed by atoms with van der Waals surface area (Å²) < 4.78 is 5.27. The highest BCUT2D eigenvalue weighted by Gasteiger charge is 2.09. The van der Waals surface area contributed by atoms with Gasteiger partial charge in [0.05, 0.1) is 0 Å². The van der Waals surface area contributed by atoms with Crippen LogP contribution < -0.4 is 5.73 Å². The van der Waals surface area contributed by atoms with Gasteiger partial charge >= 0.3 is 0 Å². The molecule has 0 aliphatic rings. The Morgan fingerprint density at radius 3 is 2.23 bits per heavy atom. The van der Waals surface area contributed by atoms with Crippen molar-refractivity contribution in [2.75, 3.05) is 13.2 Å². The first-order chi connectivity index (χ1) is 6.24. The number of hydrogen-bond acceptors (Lipinski definition) is 2. The highest BCUT2D eigenvalue weighted by Crippen LogP contribution is 2.15. The minimum Gasteiger partial charge on any atom is -0.382 e. The molecule has 1 atom stereocenters. The lowest BCUT2D eigenvalue weighted by Gasteiger charge is -2.17. The second kappa shape index (κ2) is 8.52. The molecule has 13 heavy (non-hydrogen) atoms. The SMILES string of the molecule is CCOCCC(N)CC(CC)CC. The molecule has 0 rings (SSSR count). The second-order valence-electron chi connectivity index (χ2n) is 3.66. The van der Waals surface area contributed by atoms with Crippen molar-refractivity contribution in [3.63, 3.8) is 0 Å². The Morgan fingerprint density at radius 1 is 1.15 bits per heavy atom. The summed E-state index contributed by atoms with van der Waals surface area (Å²) in [5, 5.41) is 0. The van der Waals surface area contributed by atoms with E-state index >= 15 is 0 Å². The fourth-order valence-electron chi connectivity index (χ4n) is 1.55. The molecule has 0 saturated carbocycles. The monoisotopic (exact) mass is 187 g/mol. The summed E-state index contributed by atoms with van der Waals surface area (Å²) in [7, 11) is 0. The van der Waals surface area contributed by atoms with Crippen molar-refractivity contribution in [3.8, 4) is 0 Å². The number of nitrogens with two attached hydrogens (primary N) is 1. The van der Waals surface area contributed by atoms with Gasteiger partial charge in [0.1, 0.15) is 0 Å². The first kappa shape index (κ1) is 12.9. The van der Waals surface area contributed by atoms with Gasteiger partial charge in [-0.1, -0.05) is 26.7 Å². The van der Waals surface area contributed by atoms with Crippen molar-refractivity contribution in [2.45, 2.75) is 52.5 Å². The number of hydrogen-bond donors (Lipinski definition) is 1. The molecule has 2 heteroatoms. The maximum absolute atomic E-state index is 5.99. The van der Waals surface area contributed by atoms with E-state index in [0.29, 0.717) is 6.04 Å². The van der Waals surface area contributed by atoms with Crippen LogP contribution in [-0.2, 0) is 4.74 Å². The van der Waals surface area contributed by atoms with Crippen LogP contribution in [0, 0.1) is 5.92 Å². The fraction of sp³-hybridized carbons (Fsp3) is 1.00. The van der Waals surface area contributed by atoms with E-state index in [0.717, 1.165) is 32.0 Å². The molecule has 0 aromatic rings. The van der Waals surface area contributed by atoms with Crippen molar-refractivity contribution in [1.29, 1.82) is 0 Å².